The molecule has 2 aromatic rings. The summed E-state index contributed by atoms with van der Waals surface area (Å²) in [5.41, 5.74) is 3.00. The van der Waals surface area contributed by atoms with Crippen LogP contribution in [0.1, 0.15) is 22.8 Å². The summed E-state index contributed by atoms with van der Waals surface area (Å²) in [6, 6.07) is 9.60. The number of nitrogens with zero attached hydrogens (tertiary/aromatic N) is 2. The van der Waals surface area contributed by atoms with E-state index in [4.69, 9.17) is 17.0 Å². The highest BCUT2D eigenvalue weighted by molar-refractivity contribution is 8.26. The zero-order valence-electron chi connectivity index (χ0n) is 15.5. The molecule has 2 aromatic carbocycles. The van der Waals surface area contributed by atoms with E-state index in [0.29, 0.717) is 12.2 Å². The highest BCUT2D eigenvalue weighted by atomic mass is 32.2. The fraction of sp³-hybridized carbons (Fsp3) is 0.105. The van der Waals surface area contributed by atoms with E-state index in [-0.39, 0.29) is 32.0 Å². The number of nitro groups is 1. The molecule has 0 saturated carbocycles. The molecule has 0 atom stereocenters. The van der Waals surface area contributed by atoms with E-state index in [1.54, 1.807) is 25.1 Å². The Kier molecular flexibility index (Phi) is 6.33. The smallest absolute Gasteiger partial charge is 0.285 e. The summed E-state index contributed by atoms with van der Waals surface area (Å²) in [6.07, 6.45) is 1.57. The van der Waals surface area contributed by atoms with Crippen molar-refractivity contribution >= 4 is 51.9 Å². The van der Waals surface area contributed by atoms with Crippen LogP contribution in [-0.2, 0) is 4.79 Å². The standard InChI is InChI=1S/C19H15N3O6S2/c1-2-28-15-9-11(3-8-14(15)23)10-16-18(25)21(19(29)30-16)20-17(24)12-4-6-13(7-5-12)22(26)27/h3-10,23H,2H2,1H3,(H,20,24)/b16-10-. The monoisotopic (exact) mass is 445 g/mol. The molecule has 2 N–H and O–H groups in total. The van der Waals surface area contributed by atoms with Gasteiger partial charge in [-0.15, -0.1) is 0 Å². The largest absolute Gasteiger partial charge is 0.504 e. The van der Waals surface area contributed by atoms with Crippen LogP contribution >= 0.6 is 24.0 Å². The van der Waals surface area contributed by atoms with E-state index >= 15 is 0 Å². The van der Waals surface area contributed by atoms with Crippen LogP contribution < -0.4 is 10.2 Å². The van der Waals surface area contributed by atoms with Gasteiger partial charge in [0, 0.05) is 17.7 Å². The van der Waals surface area contributed by atoms with Crippen LogP contribution in [0.15, 0.2) is 47.4 Å². The summed E-state index contributed by atoms with van der Waals surface area (Å²) >= 11 is 6.19. The summed E-state index contributed by atoms with van der Waals surface area (Å²) in [6.45, 7) is 2.15. The van der Waals surface area contributed by atoms with Gasteiger partial charge in [-0.1, -0.05) is 17.8 Å². The average molecular weight is 445 g/mol. The van der Waals surface area contributed by atoms with Crippen molar-refractivity contribution in [3.63, 3.8) is 0 Å². The second kappa shape index (κ2) is 8.93. The number of carbonyl (C=O) groups is 2. The third kappa shape index (κ3) is 4.58. The molecule has 9 nitrogen and oxygen atoms in total. The highest BCUT2D eigenvalue weighted by Gasteiger charge is 2.33. The molecule has 0 radical (unpaired) electrons. The van der Waals surface area contributed by atoms with Gasteiger partial charge in [-0.25, -0.2) is 0 Å². The number of rotatable bonds is 6. The Balaban J connectivity index is 1.76. The third-order valence-corrected chi connectivity index (χ3v) is 5.23. The fourth-order valence-corrected chi connectivity index (χ4v) is 3.69. The first kappa shape index (κ1) is 21.3. The van der Waals surface area contributed by atoms with Crippen LogP contribution in [-0.4, -0.2) is 37.8 Å². The van der Waals surface area contributed by atoms with Crippen molar-refractivity contribution in [3.8, 4) is 11.5 Å². The molecule has 0 unspecified atom stereocenters. The van der Waals surface area contributed by atoms with Crippen molar-refractivity contribution in [2.24, 2.45) is 0 Å². The first-order valence-electron chi connectivity index (χ1n) is 8.59. The number of nitro benzene ring substituents is 1. The number of nitrogens with one attached hydrogen (secondary N) is 1. The number of carbonyl (C=O) groups excluding carboxylic acids is 2. The SMILES string of the molecule is CCOc1cc(/C=C2\SC(=S)N(NC(=O)c3ccc([N+](=O)[O-])cc3)C2=O)ccc1O. The number of amides is 2. The summed E-state index contributed by atoms with van der Waals surface area (Å²) in [7, 11) is 0. The minimum Gasteiger partial charge on any atom is -0.504 e. The van der Waals surface area contributed by atoms with Crippen molar-refractivity contribution < 1.29 is 24.4 Å². The number of phenolic OH excluding ortho intramolecular Hbond substituents is 1. The van der Waals surface area contributed by atoms with Crippen LogP contribution in [0.2, 0.25) is 0 Å². The topological polar surface area (TPSA) is 122 Å². The molecular formula is C19H15N3O6S2. The van der Waals surface area contributed by atoms with Gasteiger partial charge in [0.2, 0.25) is 0 Å². The molecular weight excluding hydrogens is 430 g/mol. The van der Waals surface area contributed by atoms with Gasteiger partial charge in [0.05, 0.1) is 16.4 Å². The van der Waals surface area contributed by atoms with Crippen molar-refractivity contribution in [3.05, 3.63) is 68.6 Å². The quantitative estimate of drug-likeness (QED) is 0.301. The van der Waals surface area contributed by atoms with Gasteiger partial charge < -0.3 is 9.84 Å². The van der Waals surface area contributed by atoms with Crippen LogP contribution in [0, 0.1) is 10.1 Å². The normalized spacial score (nSPS) is 14.8. The summed E-state index contributed by atoms with van der Waals surface area (Å²) < 4.78 is 5.46. The lowest BCUT2D eigenvalue weighted by atomic mass is 10.2. The molecule has 0 aliphatic carbocycles. The molecule has 0 spiro atoms. The molecule has 0 aromatic heterocycles. The first-order chi connectivity index (χ1) is 14.3. The number of phenols is 1. The third-order valence-electron chi connectivity index (χ3n) is 3.93. The second-order valence-electron chi connectivity index (χ2n) is 5.92. The van der Waals surface area contributed by atoms with E-state index in [1.807, 2.05) is 0 Å². The maximum atomic E-state index is 12.7. The van der Waals surface area contributed by atoms with Crippen LogP contribution in [0.5, 0.6) is 11.5 Å². The zero-order valence-corrected chi connectivity index (χ0v) is 17.2. The molecule has 1 heterocycles. The van der Waals surface area contributed by atoms with E-state index in [2.05, 4.69) is 5.43 Å². The van der Waals surface area contributed by atoms with Gasteiger partial charge in [-0.3, -0.25) is 25.1 Å². The lowest BCUT2D eigenvalue weighted by Gasteiger charge is -2.15. The van der Waals surface area contributed by atoms with Crippen LogP contribution in [0.4, 0.5) is 5.69 Å². The number of thioether (sulfide) groups is 1. The molecule has 0 bridgehead atoms. The van der Waals surface area contributed by atoms with Crippen molar-refractivity contribution in [2.45, 2.75) is 6.92 Å². The summed E-state index contributed by atoms with van der Waals surface area (Å²) in [5.74, 6) is -0.887. The van der Waals surface area contributed by atoms with Gasteiger partial charge >= 0.3 is 0 Å². The Hall–Kier alpha value is -3.44. The maximum absolute atomic E-state index is 12.7. The zero-order chi connectivity index (χ0) is 21.8. The van der Waals surface area contributed by atoms with Gasteiger partial charge in [-0.2, -0.15) is 5.01 Å². The Labute approximate surface area is 180 Å². The second-order valence-corrected chi connectivity index (χ2v) is 7.60. The van der Waals surface area contributed by atoms with Gasteiger partial charge in [0.15, 0.2) is 15.8 Å². The summed E-state index contributed by atoms with van der Waals surface area (Å²) in [4.78, 5) is 35.5. The number of hydrogen-bond donors (Lipinski definition) is 2. The maximum Gasteiger partial charge on any atom is 0.285 e. The molecule has 154 valence electrons. The van der Waals surface area contributed by atoms with E-state index < -0.39 is 16.7 Å². The van der Waals surface area contributed by atoms with E-state index in [0.717, 1.165) is 16.8 Å². The fourth-order valence-electron chi connectivity index (χ4n) is 2.51. The number of benzene rings is 2. The van der Waals surface area contributed by atoms with Crippen molar-refractivity contribution in [1.82, 2.24) is 10.4 Å². The number of hydrazine groups is 1. The average Bonchev–Trinajstić information content (AvgIpc) is 2.98. The number of ether oxygens (including phenoxy) is 1. The molecule has 11 heteroatoms. The molecule has 3 rings (SSSR count). The molecule has 2 amide bonds. The number of thiocarbonyl (C=S) groups is 1. The Morgan fingerprint density at radius 3 is 2.67 bits per heavy atom. The predicted molar refractivity (Wildman–Crippen MR) is 115 cm³/mol. The highest BCUT2D eigenvalue weighted by Crippen LogP contribution is 2.33. The van der Waals surface area contributed by atoms with Gasteiger partial charge in [0.1, 0.15) is 0 Å². The Morgan fingerprint density at radius 2 is 2.03 bits per heavy atom. The van der Waals surface area contributed by atoms with E-state index in [9.17, 15) is 24.8 Å². The lowest BCUT2D eigenvalue weighted by molar-refractivity contribution is -0.384. The van der Waals surface area contributed by atoms with E-state index in [1.165, 1.54) is 30.3 Å². The minimum absolute atomic E-state index is 0.0167. The lowest BCUT2D eigenvalue weighted by Crippen LogP contribution is -2.44. The number of aromatic hydroxyl groups is 1. The number of non-ortho nitro benzene ring substituents is 1. The Bertz CT molecular complexity index is 1070. The molecule has 1 aliphatic heterocycles. The summed E-state index contributed by atoms with van der Waals surface area (Å²) in [5, 5.41) is 21.4. The first-order valence-corrected chi connectivity index (χ1v) is 9.82. The molecule has 30 heavy (non-hydrogen) atoms. The van der Waals surface area contributed by atoms with Gasteiger partial charge in [0.25, 0.3) is 17.5 Å². The Morgan fingerprint density at radius 1 is 1.33 bits per heavy atom. The number of hydrogen-bond acceptors (Lipinski definition) is 8. The minimum atomic E-state index is -0.634. The molecule has 1 aliphatic rings. The molecule has 1 saturated heterocycles. The van der Waals surface area contributed by atoms with Gasteiger partial charge in [-0.05, 0) is 55.0 Å². The van der Waals surface area contributed by atoms with Crippen molar-refractivity contribution in [2.75, 3.05) is 6.61 Å². The predicted octanol–water partition coefficient (Wildman–Crippen LogP) is 3.25. The molecule has 1 fully saturated rings. The van der Waals surface area contributed by atoms with Crippen LogP contribution in [0.3, 0.4) is 0 Å². The van der Waals surface area contributed by atoms with Crippen LogP contribution in [0.25, 0.3) is 6.08 Å². The van der Waals surface area contributed by atoms with Crippen molar-refractivity contribution in [1.29, 1.82) is 0 Å².